The van der Waals surface area contributed by atoms with E-state index in [0.717, 1.165) is 19.6 Å². The highest BCUT2D eigenvalue weighted by atomic mass is 16.5. The fourth-order valence-corrected chi connectivity index (χ4v) is 1.15. The Labute approximate surface area is 89.0 Å². The predicted molar refractivity (Wildman–Crippen MR) is 60.7 cm³/mol. The highest BCUT2D eigenvalue weighted by Crippen LogP contribution is 2.12. The molecule has 86 valence electrons. The quantitative estimate of drug-likeness (QED) is 0.533. The van der Waals surface area contributed by atoms with Crippen molar-refractivity contribution >= 4 is 0 Å². The minimum Gasteiger partial charge on any atom is -0.381 e. The van der Waals surface area contributed by atoms with Crippen LogP contribution in [-0.4, -0.2) is 25.9 Å². The van der Waals surface area contributed by atoms with Crippen LogP contribution in [0, 0.1) is 0 Å². The number of hydrogen-bond acceptors (Lipinski definition) is 2. The maximum Gasteiger partial charge on any atom is 0.0644 e. The minimum atomic E-state index is -0.0383. The summed E-state index contributed by atoms with van der Waals surface area (Å²) in [6.45, 7) is 8.12. The molecule has 14 heavy (non-hydrogen) atoms. The van der Waals surface area contributed by atoms with Crippen LogP contribution in [0.1, 0.15) is 52.9 Å². The lowest BCUT2D eigenvalue weighted by Gasteiger charge is -2.22. The van der Waals surface area contributed by atoms with Gasteiger partial charge in [0.2, 0.25) is 0 Å². The Morgan fingerprint density at radius 3 is 2.29 bits per heavy atom. The molecule has 0 aliphatic heterocycles. The second-order valence-corrected chi connectivity index (χ2v) is 4.39. The number of rotatable bonds is 9. The highest BCUT2D eigenvalue weighted by Gasteiger charge is 2.15. The number of ether oxygens (including phenoxy) is 2. The molecule has 0 spiro atoms. The molecule has 0 atom stereocenters. The predicted octanol–water partition coefficient (Wildman–Crippen LogP) is 3.40. The van der Waals surface area contributed by atoms with E-state index in [1.807, 2.05) is 0 Å². The molecule has 0 amide bonds. The number of hydrogen-bond donors (Lipinski definition) is 0. The van der Waals surface area contributed by atoms with Crippen molar-refractivity contribution in [2.45, 2.75) is 58.5 Å². The molecule has 0 N–H and O–H groups in total. The Hall–Kier alpha value is -0.0800. The average Bonchev–Trinajstić information content (AvgIpc) is 2.16. The normalized spacial score (nSPS) is 12.0. The Kier molecular flexibility index (Phi) is 8.20. The largest absolute Gasteiger partial charge is 0.381 e. The summed E-state index contributed by atoms with van der Waals surface area (Å²) in [5.41, 5.74) is -0.0383. The van der Waals surface area contributed by atoms with Crippen LogP contribution in [0.5, 0.6) is 0 Å². The Morgan fingerprint density at radius 2 is 1.71 bits per heavy atom. The second-order valence-electron chi connectivity index (χ2n) is 4.39. The molecule has 0 heterocycles. The van der Waals surface area contributed by atoms with Crippen LogP contribution in [0.3, 0.4) is 0 Å². The summed E-state index contributed by atoms with van der Waals surface area (Å²) in [7, 11) is 1.75. The van der Waals surface area contributed by atoms with E-state index in [2.05, 4.69) is 20.8 Å². The fourth-order valence-electron chi connectivity index (χ4n) is 1.15. The summed E-state index contributed by atoms with van der Waals surface area (Å²) in [4.78, 5) is 0. The third kappa shape index (κ3) is 8.52. The molecule has 0 bridgehead atoms. The lowest BCUT2D eigenvalue weighted by atomic mass is 10.1. The van der Waals surface area contributed by atoms with Crippen LogP contribution >= 0.6 is 0 Å². The molecule has 0 aromatic heterocycles. The van der Waals surface area contributed by atoms with Crippen LogP contribution in [0.4, 0.5) is 0 Å². The van der Waals surface area contributed by atoms with Crippen LogP contribution in [0.25, 0.3) is 0 Å². The molecular weight excluding hydrogens is 176 g/mol. The first-order valence-corrected chi connectivity index (χ1v) is 5.75. The van der Waals surface area contributed by atoms with Gasteiger partial charge < -0.3 is 9.47 Å². The molecule has 0 saturated carbocycles. The molecule has 0 rings (SSSR count). The van der Waals surface area contributed by atoms with Gasteiger partial charge in [0.1, 0.15) is 0 Å². The summed E-state index contributed by atoms with van der Waals surface area (Å²) in [5.74, 6) is 0. The second kappa shape index (κ2) is 8.25. The topological polar surface area (TPSA) is 18.5 Å². The van der Waals surface area contributed by atoms with Crippen molar-refractivity contribution in [1.82, 2.24) is 0 Å². The van der Waals surface area contributed by atoms with E-state index in [0.29, 0.717) is 0 Å². The summed E-state index contributed by atoms with van der Waals surface area (Å²) in [6.07, 6.45) is 6.08. The van der Waals surface area contributed by atoms with Gasteiger partial charge in [0.15, 0.2) is 0 Å². The summed E-state index contributed by atoms with van der Waals surface area (Å²) in [6, 6.07) is 0. The van der Waals surface area contributed by atoms with Crippen molar-refractivity contribution in [1.29, 1.82) is 0 Å². The maximum absolute atomic E-state index is 5.54. The first-order valence-electron chi connectivity index (χ1n) is 5.75. The van der Waals surface area contributed by atoms with Crippen molar-refractivity contribution in [2.75, 3.05) is 20.3 Å². The summed E-state index contributed by atoms with van der Waals surface area (Å²) < 4.78 is 10.8. The van der Waals surface area contributed by atoms with E-state index in [9.17, 15) is 0 Å². The van der Waals surface area contributed by atoms with E-state index in [-0.39, 0.29) is 5.60 Å². The SMILES string of the molecule is CCCCCCOCCC(C)(C)OC. The summed E-state index contributed by atoms with van der Waals surface area (Å²) >= 11 is 0. The molecule has 0 fully saturated rings. The van der Waals surface area contributed by atoms with E-state index < -0.39 is 0 Å². The third-order valence-electron chi connectivity index (χ3n) is 2.54. The third-order valence-corrected chi connectivity index (χ3v) is 2.54. The molecule has 0 aliphatic carbocycles. The van der Waals surface area contributed by atoms with E-state index in [1.165, 1.54) is 25.7 Å². The average molecular weight is 202 g/mol. The molecule has 0 radical (unpaired) electrons. The first kappa shape index (κ1) is 13.9. The molecule has 0 unspecified atom stereocenters. The highest BCUT2D eigenvalue weighted by molar-refractivity contribution is 4.66. The van der Waals surface area contributed by atoms with Gasteiger partial charge in [-0.25, -0.2) is 0 Å². The van der Waals surface area contributed by atoms with E-state index in [1.54, 1.807) is 7.11 Å². The minimum absolute atomic E-state index is 0.0383. The monoisotopic (exact) mass is 202 g/mol. The van der Waals surface area contributed by atoms with Crippen LogP contribution in [-0.2, 0) is 9.47 Å². The number of methoxy groups -OCH3 is 1. The van der Waals surface area contributed by atoms with Gasteiger partial charge in [-0.15, -0.1) is 0 Å². The van der Waals surface area contributed by atoms with Crippen molar-refractivity contribution < 1.29 is 9.47 Å². The van der Waals surface area contributed by atoms with Crippen molar-refractivity contribution in [3.8, 4) is 0 Å². The summed E-state index contributed by atoms with van der Waals surface area (Å²) in [5, 5.41) is 0. The van der Waals surface area contributed by atoms with Crippen molar-refractivity contribution in [3.05, 3.63) is 0 Å². The molecule has 0 aromatic carbocycles. The Bertz CT molecular complexity index is 121. The fraction of sp³-hybridized carbons (Fsp3) is 1.00. The zero-order valence-corrected chi connectivity index (χ0v) is 10.3. The van der Waals surface area contributed by atoms with Gasteiger partial charge in [0, 0.05) is 20.3 Å². The van der Waals surface area contributed by atoms with Crippen LogP contribution < -0.4 is 0 Å². The van der Waals surface area contributed by atoms with Gasteiger partial charge in [0.05, 0.1) is 5.60 Å². The molecule has 0 aliphatic rings. The first-order chi connectivity index (χ1) is 6.62. The van der Waals surface area contributed by atoms with Gasteiger partial charge in [0.25, 0.3) is 0 Å². The smallest absolute Gasteiger partial charge is 0.0644 e. The lowest BCUT2D eigenvalue weighted by molar-refractivity contribution is -0.0101. The molecule has 0 saturated heterocycles. The van der Waals surface area contributed by atoms with Crippen molar-refractivity contribution in [3.63, 3.8) is 0 Å². The van der Waals surface area contributed by atoms with Gasteiger partial charge in [-0.05, 0) is 26.7 Å². The molecular formula is C12H26O2. The maximum atomic E-state index is 5.54. The molecule has 0 aromatic rings. The lowest BCUT2D eigenvalue weighted by Crippen LogP contribution is -2.24. The van der Waals surface area contributed by atoms with Gasteiger partial charge in [-0.1, -0.05) is 26.2 Å². The van der Waals surface area contributed by atoms with Gasteiger partial charge in [-0.3, -0.25) is 0 Å². The Morgan fingerprint density at radius 1 is 1.00 bits per heavy atom. The van der Waals surface area contributed by atoms with Gasteiger partial charge >= 0.3 is 0 Å². The van der Waals surface area contributed by atoms with E-state index >= 15 is 0 Å². The zero-order chi connectivity index (χ0) is 10.9. The number of unbranched alkanes of at least 4 members (excludes halogenated alkanes) is 3. The zero-order valence-electron chi connectivity index (χ0n) is 10.3. The molecule has 2 nitrogen and oxygen atoms in total. The van der Waals surface area contributed by atoms with Gasteiger partial charge in [-0.2, -0.15) is 0 Å². The standard InChI is InChI=1S/C12H26O2/c1-5-6-7-8-10-14-11-9-12(2,3)13-4/h5-11H2,1-4H3. The van der Waals surface area contributed by atoms with Crippen LogP contribution in [0.15, 0.2) is 0 Å². The Balaban J connectivity index is 3.13. The van der Waals surface area contributed by atoms with Crippen molar-refractivity contribution in [2.24, 2.45) is 0 Å². The van der Waals surface area contributed by atoms with E-state index in [4.69, 9.17) is 9.47 Å². The molecule has 2 heteroatoms. The van der Waals surface area contributed by atoms with Crippen LogP contribution in [0.2, 0.25) is 0 Å².